The molecule has 2 unspecified atom stereocenters. The quantitative estimate of drug-likeness (QED) is 0.742. The number of hydrogen-bond acceptors (Lipinski definition) is 3. The van der Waals surface area contributed by atoms with E-state index in [0.29, 0.717) is 6.61 Å². The smallest absolute Gasteiger partial charge is 0.256 e. The molecule has 0 amide bonds. The Kier molecular flexibility index (Phi) is 1.76. The Hall–Kier alpha value is -1.65. The molecule has 1 aromatic carbocycles. The summed E-state index contributed by atoms with van der Waals surface area (Å²) in [7, 11) is 0. The first-order valence-electron chi connectivity index (χ1n) is 5.77. The number of hydrogen-bond donors (Lipinski definition) is 0. The van der Waals surface area contributed by atoms with Gasteiger partial charge in [-0.15, -0.1) is 0 Å². The lowest BCUT2D eigenvalue weighted by atomic mass is 10.0. The van der Waals surface area contributed by atoms with Crippen molar-refractivity contribution in [3.05, 3.63) is 54.1 Å². The van der Waals surface area contributed by atoms with E-state index in [1.54, 1.807) is 6.20 Å². The average molecular weight is 228 g/mol. The summed E-state index contributed by atoms with van der Waals surface area (Å²) in [6.45, 7) is 1.45. The third kappa shape index (κ3) is 1.16. The van der Waals surface area contributed by atoms with Crippen LogP contribution in [0.1, 0.15) is 11.4 Å². The molecule has 2 aliphatic rings. The lowest BCUT2D eigenvalue weighted by Crippen LogP contribution is -2.38. The molecule has 2 aliphatic heterocycles. The molecule has 4 nitrogen and oxygen atoms in total. The summed E-state index contributed by atoms with van der Waals surface area (Å²) in [5.41, 5.74) is 1.01. The van der Waals surface area contributed by atoms with Gasteiger partial charge in [-0.3, -0.25) is 0 Å². The molecule has 1 aromatic heterocycles. The second kappa shape index (κ2) is 3.18. The highest BCUT2D eigenvalue weighted by Gasteiger charge is 2.51. The number of fused-ring (bicyclic) bond motifs is 4. The molecule has 17 heavy (non-hydrogen) atoms. The predicted octanol–water partition coefficient (Wildman–Crippen LogP) is 1.51. The molecule has 2 bridgehead atoms. The van der Waals surface area contributed by atoms with Gasteiger partial charge < -0.3 is 14.0 Å². The fourth-order valence-corrected chi connectivity index (χ4v) is 2.63. The molecule has 0 spiro atoms. The highest BCUT2D eigenvalue weighted by molar-refractivity contribution is 5.29. The van der Waals surface area contributed by atoms with Crippen molar-refractivity contribution in [1.29, 1.82) is 0 Å². The second-order valence-electron chi connectivity index (χ2n) is 4.44. The maximum Gasteiger partial charge on any atom is 0.256 e. The molecular weight excluding hydrogens is 216 g/mol. The first-order valence-corrected chi connectivity index (χ1v) is 5.77. The zero-order valence-electron chi connectivity index (χ0n) is 9.24. The van der Waals surface area contributed by atoms with Gasteiger partial charge in [-0.25, -0.2) is 4.98 Å². The van der Waals surface area contributed by atoms with E-state index in [0.717, 1.165) is 17.9 Å². The van der Waals surface area contributed by atoms with Gasteiger partial charge in [0.1, 0.15) is 6.10 Å². The van der Waals surface area contributed by atoms with E-state index in [2.05, 4.69) is 9.55 Å². The van der Waals surface area contributed by atoms with Crippen LogP contribution in [0.15, 0.2) is 42.7 Å². The molecule has 4 rings (SSSR count). The van der Waals surface area contributed by atoms with Crippen molar-refractivity contribution in [2.45, 2.75) is 18.4 Å². The number of aromatic nitrogens is 2. The van der Waals surface area contributed by atoms with Crippen LogP contribution >= 0.6 is 0 Å². The third-order valence-corrected chi connectivity index (χ3v) is 3.37. The van der Waals surface area contributed by atoms with Gasteiger partial charge in [-0.05, 0) is 0 Å². The minimum Gasteiger partial charge on any atom is -0.337 e. The zero-order valence-corrected chi connectivity index (χ0v) is 9.24. The molecule has 86 valence electrons. The molecule has 0 N–H and O–H groups in total. The van der Waals surface area contributed by atoms with Crippen LogP contribution in [0.3, 0.4) is 0 Å². The van der Waals surface area contributed by atoms with Gasteiger partial charge in [-0.2, -0.15) is 0 Å². The molecule has 0 aliphatic carbocycles. The van der Waals surface area contributed by atoms with Crippen LogP contribution in [-0.2, 0) is 21.8 Å². The summed E-state index contributed by atoms with van der Waals surface area (Å²) in [5.74, 6) is 0.0469. The van der Waals surface area contributed by atoms with Crippen molar-refractivity contribution >= 4 is 0 Å². The summed E-state index contributed by atoms with van der Waals surface area (Å²) >= 11 is 0. The number of imidazole rings is 1. The minimum atomic E-state index is -0.798. The first kappa shape index (κ1) is 9.39. The summed E-state index contributed by atoms with van der Waals surface area (Å²) < 4.78 is 14.1. The van der Waals surface area contributed by atoms with Crippen molar-refractivity contribution in [3.8, 4) is 0 Å². The Morgan fingerprint density at radius 3 is 3.06 bits per heavy atom. The molecule has 3 heterocycles. The van der Waals surface area contributed by atoms with Gasteiger partial charge >= 0.3 is 0 Å². The van der Waals surface area contributed by atoms with Crippen LogP contribution < -0.4 is 0 Å². The minimum absolute atomic E-state index is 0.122. The van der Waals surface area contributed by atoms with E-state index < -0.39 is 5.79 Å². The lowest BCUT2D eigenvalue weighted by Gasteiger charge is -2.32. The highest BCUT2D eigenvalue weighted by atomic mass is 16.7. The first-order chi connectivity index (χ1) is 8.38. The Morgan fingerprint density at radius 1 is 1.29 bits per heavy atom. The van der Waals surface area contributed by atoms with Crippen LogP contribution in [0.2, 0.25) is 0 Å². The maximum absolute atomic E-state index is 6.05. The van der Waals surface area contributed by atoms with Crippen LogP contribution in [0.5, 0.6) is 0 Å². The molecule has 4 heteroatoms. The SMILES string of the molecule is c1ccc(C23OCC(Cn4ccnc42)O3)cc1. The molecule has 2 aromatic rings. The Morgan fingerprint density at radius 2 is 2.18 bits per heavy atom. The molecule has 0 saturated carbocycles. The van der Waals surface area contributed by atoms with E-state index in [9.17, 15) is 0 Å². The highest BCUT2D eigenvalue weighted by Crippen LogP contribution is 2.42. The van der Waals surface area contributed by atoms with Crippen LogP contribution in [0.4, 0.5) is 0 Å². The van der Waals surface area contributed by atoms with E-state index in [4.69, 9.17) is 9.47 Å². The zero-order chi connectivity index (χ0) is 11.3. The van der Waals surface area contributed by atoms with Crippen molar-refractivity contribution in [2.24, 2.45) is 0 Å². The normalized spacial score (nSPS) is 30.2. The van der Waals surface area contributed by atoms with Crippen LogP contribution in [0, 0.1) is 0 Å². The van der Waals surface area contributed by atoms with Crippen molar-refractivity contribution in [1.82, 2.24) is 9.55 Å². The van der Waals surface area contributed by atoms with Crippen molar-refractivity contribution in [3.63, 3.8) is 0 Å². The largest absolute Gasteiger partial charge is 0.337 e. The van der Waals surface area contributed by atoms with Crippen molar-refractivity contribution in [2.75, 3.05) is 6.61 Å². The van der Waals surface area contributed by atoms with Gasteiger partial charge in [0.25, 0.3) is 5.79 Å². The fourth-order valence-electron chi connectivity index (χ4n) is 2.63. The molecule has 2 atom stereocenters. The molecule has 1 fully saturated rings. The van der Waals surface area contributed by atoms with Gasteiger partial charge in [-0.1, -0.05) is 30.3 Å². The van der Waals surface area contributed by atoms with Gasteiger partial charge in [0.05, 0.1) is 13.2 Å². The lowest BCUT2D eigenvalue weighted by molar-refractivity contribution is -0.163. The molecule has 0 radical (unpaired) electrons. The monoisotopic (exact) mass is 228 g/mol. The second-order valence-corrected chi connectivity index (χ2v) is 4.44. The number of ether oxygens (including phenoxy) is 2. The number of nitrogens with zero attached hydrogens (tertiary/aromatic N) is 2. The van der Waals surface area contributed by atoms with Gasteiger partial charge in [0.15, 0.2) is 5.82 Å². The van der Waals surface area contributed by atoms with Crippen LogP contribution in [-0.4, -0.2) is 22.3 Å². The van der Waals surface area contributed by atoms with E-state index in [1.807, 2.05) is 36.5 Å². The predicted molar refractivity (Wildman–Crippen MR) is 60.3 cm³/mol. The molecular formula is C13H12N2O2. The Balaban J connectivity index is 1.94. The van der Waals surface area contributed by atoms with Gasteiger partial charge in [0, 0.05) is 18.0 Å². The van der Waals surface area contributed by atoms with E-state index in [-0.39, 0.29) is 6.10 Å². The summed E-state index contributed by atoms with van der Waals surface area (Å²) in [6.07, 6.45) is 3.90. The number of rotatable bonds is 1. The Bertz CT molecular complexity index is 552. The fraction of sp³-hybridized carbons (Fsp3) is 0.308. The number of benzene rings is 1. The van der Waals surface area contributed by atoms with Crippen molar-refractivity contribution < 1.29 is 9.47 Å². The summed E-state index contributed by atoms with van der Waals surface area (Å²) in [4.78, 5) is 4.40. The standard InChI is InChI=1S/C13H12N2O2/c1-2-4-10(5-3-1)13-12-14-6-7-15(12)8-11(17-13)9-16-13/h1-7,11H,8-9H2. The Labute approximate surface area is 98.8 Å². The topological polar surface area (TPSA) is 36.3 Å². The third-order valence-electron chi connectivity index (χ3n) is 3.37. The molecule has 1 saturated heterocycles. The van der Waals surface area contributed by atoms with Crippen LogP contribution in [0.25, 0.3) is 0 Å². The average Bonchev–Trinajstić information content (AvgIpc) is 2.98. The van der Waals surface area contributed by atoms with Gasteiger partial charge in [0.2, 0.25) is 0 Å². The maximum atomic E-state index is 6.05. The van der Waals surface area contributed by atoms with E-state index >= 15 is 0 Å². The summed E-state index contributed by atoms with van der Waals surface area (Å²) in [6, 6.07) is 10.0. The van der Waals surface area contributed by atoms with E-state index in [1.165, 1.54) is 0 Å². The summed E-state index contributed by atoms with van der Waals surface area (Å²) in [5, 5.41) is 0.